The summed E-state index contributed by atoms with van der Waals surface area (Å²) in [7, 11) is 1.91. The Hall–Kier alpha value is -0.830. The maximum atomic E-state index is 9.73. The zero-order valence-corrected chi connectivity index (χ0v) is 9.00. The summed E-state index contributed by atoms with van der Waals surface area (Å²) >= 11 is 0. The van der Waals surface area contributed by atoms with E-state index in [0.29, 0.717) is 5.92 Å². The molecule has 3 heteroatoms. The second-order valence-corrected chi connectivity index (χ2v) is 4.29. The van der Waals surface area contributed by atoms with Crippen LogP contribution in [0.15, 0.2) is 6.07 Å². The number of aryl methyl sites for hydroxylation is 1. The highest BCUT2D eigenvalue weighted by molar-refractivity contribution is 5.17. The molecule has 0 saturated carbocycles. The molecule has 0 spiro atoms. The molecule has 0 aliphatic carbocycles. The van der Waals surface area contributed by atoms with Crippen molar-refractivity contribution in [1.82, 2.24) is 9.78 Å². The number of rotatable bonds is 2. The third-order valence-corrected chi connectivity index (χ3v) is 2.13. The van der Waals surface area contributed by atoms with Gasteiger partial charge in [-0.1, -0.05) is 13.8 Å². The van der Waals surface area contributed by atoms with E-state index in [1.54, 1.807) is 13.8 Å². The molecule has 1 rings (SSSR count). The Morgan fingerprint density at radius 2 is 2.00 bits per heavy atom. The van der Waals surface area contributed by atoms with Crippen molar-refractivity contribution in [3.63, 3.8) is 0 Å². The van der Waals surface area contributed by atoms with E-state index in [2.05, 4.69) is 18.9 Å². The SMILES string of the molecule is CC(C)c1cc(C(C)(C)O)nn1C. The molecule has 1 N–H and O–H groups in total. The molecule has 0 atom stereocenters. The van der Waals surface area contributed by atoms with E-state index in [1.807, 2.05) is 17.8 Å². The lowest BCUT2D eigenvalue weighted by molar-refractivity contribution is 0.0732. The molecule has 0 fully saturated rings. The fraction of sp³-hybridized carbons (Fsp3) is 0.700. The summed E-state index contributed by atoms with van der Waals surface area (Å²) in [6, 6.07) is 1.96. The van der Waals surface area contributed by atoms with Crippen LogP contribution < -0.4 is 0 Å². The zero-order valence-electron chi connectivity index (χ0n) is 9.00. The number of aromatic nitrogens is 2. The lowest BCUT2D eigenvalue weighted by Crippen LogP contribution is -2.16. The minimum absolute atomic E-state index is 0.439. The fourth-order valence-corrected chi connectivity index (χ4v) is 1.32. The summed E-state index contributed by atoms with van der Waals surface area (Å²) in [6.45, 7) is 7.73. The van der Waals surface area contributed by atoms with Crippen LogP contribution >= 0.6 is 0 Å². The van der Waals surface area contributed by atoms with Gasteiger partial charge in [0.2, 0.25) is 0 Å². The molecule has 0 unspecified atom stereocenters. The predicted octanol–water partition coefficient (Wildman–Crippen LogP) is 1.77. The van der Waals surface area contributed by atoms with Crippen molar-refractivity contribution in [3.8, 4) is 0 Å². The van der Waals surface area contributed by atoms with Crippen LogP contribution in [0.1, 0.15) is 45.0 Å². The minimum atomic E-state index is -0.842. The first kappa shape index (κ1) is 10.3. The fourth-order valence-electron chi connectivity index (χ4n) is 1.32. The summed E-state index contributed by atoms with van der Waals surface area (Å²) in [6.07, 6.45) is 0. The molecule has 0 aliphatic heterocycles. The first-order valence-electron chi connectivity index (χ1n) is 4.59. The highest BCUT2D eigenvalue weighted by Gasteiger charge is 2.21. The molecule has 0 aliphatic rings. The standard InChI is InChI=1S/C10H18N2O/c1-7(2)8-6-9(10(3,4)13)11-12(8)5/h6-7,13H,1-5H3. The van der Waals surface area contributed by atoms with Crippen LogP contribution in [0.2, 0.25) is 0 Å². The highest BCUT2D eigenvalue weighted by Crippen LogP contribution is 2.22. The summed E-state index contributed by atoms with van der Waals surface area (Å²) in [4.78, 5) is 0. The Labute approximate surface area is 79.4 Å². The van der Waals surface area contributed by atoms with Gasteiger partial charge in [0.15, 0.2) is 0 Å². The Balaban J connectivity index is 3.10. The van der Waals surface area contributed by atoms with Crippen molar-refractivity contribution >= 4 is 0 Å². The van der Waals surface area contributed by atoms with Crippen LogP contribution in [0, 0.1) is 0 Å². The molecule has 3 nitrogen and oxygen atoms in total. The monoisotopic (exact) mass is 182 g/mol. The van der Waals surface area contributed by atoms with Gasteiger partial charge in [-0.2, -0.15) is 5.10 Å². The number of hydrogen-bond acceptors (Lipinski definition) is 2. The van der Waals surface area contributed by atoms with E-state index in [0.717, 1.165) is 11.4 Å². The zero-order chi connectivity index (χ0) is 10.2. The largest absolute Gasteiger partial charge is 0.384 e. The molecule has 0 amide bonds. The highest BCUT2D eigenvalue weighted by atomic mass is 16.3. The Morgan fingerprint density at radius 3 is 2.23 bits per heavy atom. The maximum Gasteiger partial charge on any atom is 0.103 e. The molecule has 0 radical (unpaired) electrons. The lowest BCUT2D eigenvalue weighted by Gasteiger charge is -2.12. The van der Waals surface area contributed by atoms with E-state index >= 15 is 0 Å². The molecule has 0 aromatic carbocycles. The molecular weight excluding hydrogens is 164 g/mol. The summed E-state index contributed by atoms with van der Waals surface area (Å²) in [5.41, 5.74) is 1.04. The summed E-state index contributed by atoms with van der Waals surface area (Å²) in [5.74, 6) is 0.439. The van der Waals surface area contributed by atoms with Crippen LogP contribution in [0.5, 0.6) is 0 Å². The molecule has 1 aromatic rings. The topological polar surface area (TPSA) is 38.1 Å². The normalized spacial score (nSPS) is 12.5. The molecule has 0 saturated heterocycles. The van der Waals surface area contributed by atoms with E-state index in [1.165, 1.54) is 0 Å². The van der Waals surface area contributed by atoms with Gasteiger partial charge in [0, 0.05) is 12.7 Å². The summed E-state index contributed by atoms with van der Waals surface area (Å²) in [5, 5.41) is 14.0. The third kappa shape index (κ3) is 2.10. The number of hydrogen-bond donors (Lipinski definition) is 1. The van der Waals surface area contributed by atoms with Gasteiger partial charge in [0.25, 0.3) is 0 Å². The van der Waals surface area contributed by atoms with Crippen molar-refractivity contribution in [2.45, 2.75) is 39.2 Å². The van der Waals surface area contributed by atoms with Gasteiger partial charge in [-0.15, -0.1) is 0 Å². The third-order valence-electron chi connectivity index (χ3n) is 2.13. The Morgan fingerprint density at radius 1 is 1.46 bits per heavy atom. The maximum absolute atomic E-state index is 9.73. The van der Waals surface area contributed by atoms with Crippen LogP contribution in [-0.4, -0.2) is 14.9 Å². The second-order valence-electron chi connectivity index (χ2n) is 4.29. The van der Waals surface area contributed by atoms with E-state index < -0.39 is 5.60 Å². The van der Waals surface area contributed by atoms with Gasteiger partial charge in [0.1, 0.15) is 5.60 Å². The van der Waals surface area contributed by atoms with Gasteiger partial charge in [-0.25, -0.2) is 0 Å². The Kier molecular flexibility index (Phi) is 2.48. The number of nitrogens with zero attached hydrogens (tertiary/aromatic N) is 2. The first-order chi connectivity index (χ1) is 5.82. The quantitative estimate of drug-likeness (QED) is 0.757. The van der Waals surface area contributed by atoms with Crippen LogP contribution in [0.25, 0.3) is 0 Å². The molecular formula is C10H18N2O. The molecule has 1 aromatic heterocycles. The van der Waals surface area contributed by atoms with Crippen molar-refractivity contribution in [2.24, 2.45) is 7.05 Å². The predicted molar refractivity (Wildman–Crippen MR) is 52.5 cm³/mol. The average molecular weight is 182 g/mol. The second kappa shape index (κ2) is 3.14. The van der Waals surface area contributed by atoms with E-state index in [-0.39, 0.29) is 0 Å². The van der Waals surface area contributed by atoms with E-state index in [9.17, 15) is 5.11 Å². The van der Waals surface area contributed by atoms with Crippen molar-refractivity contribution < 1.29 is 5.11 Å². The van der Waals surface area contributed by atoms with Gasteiger partial charge < -0.3 is 5.11 Å². The molecule has 1 heterocycles. The van der Waals surface area contributed by atoms with Gasteiger partial charge >= 0.3 is 0 Å². The van der Waals surface area contributed by atoms with Gasteiger partial charge in [0.05, 0.1) is 5.69 Å². The molecule has 74 valence electrons. The van der Waals surface area contributed by atoms with Crippen LogP contribution in [-0.2, 0) is 12.6 Å². The Bertz CT molecular complexity index is 294. The van der Waals surface area contributed by atoms with E-state index in [4.69, 9.17) is 0 Å². The van der Waals surface area contributed by atoms with Gasteiger partial charge in [-0.05, 0) is 25.8 Å². The van der Waals surface area contributed by atoms with Crippen molar-refractivity contribution in [2.75, 3.05) is 0 Å². The van der Waals surface area contributed by atoms with Gasteiger partial charge in [-0.3, -0.25) is 4.68 Å². The first-order valence-corrected chi connectivity index (χ1v) is 4.59. The van der Waals surface area contributed by atoms with Crippen LogP contribution in [0.3, 0.4) is 0 Å². The molecule has 13 heavy (non-hydrogen) atoms. The average Bonchev–Trinajstić information content (AvgIpc) is 2.29. The minimum Gasteiger partial charge on any atom is -0.384 e. The smallest absolute Gasteiger partial charge is 0.103 e. The van der Waals surface area contributed by atoms with Crippen molar-refractivity contribution in [1.29, 1.82) is 0 Å². The molecule has 0 bridgehead atoms. The number of aliphatic hydroxyl groups is 1. The van der Waals surface area contributed by atoms with Crippen LogP contribution in [0.4, 0.5) is 0 Å². The lowest BCUT2D eigenvalue weighted by atomic mass is 10.0. The summed E-state index contributed by atoms with van der Waals surface area (Å²) < 4.78 is 1.83. The van der Waals surface area contributed by atoms with Crippen molar-refractivity contribution in [3.05, 3.63) is 17.5 Å².